The Morgan fingerprint density at radius 1 is 1.50 bits per heavy atom. The third kappa shape index (κ3) is 4.49. The van der Waals surface area contributed by atoms with E-state index in [0.717, 1.165) is 32.5 Å². The third-order valence-electron chi connectivity index (χ3n) is 3.13. The molecule has 0 aliphatic carbocycles. The number of nitrogens with two attached hydrogens (primary N) is 1. The maximum atomic E-state index is 11.6. The fourth-order valence-electron chi connectivity index (χ4n) is 2.23. The van der Waals surface area contributed by atoms with Crippen molar-refractivity contribution >= 4 is 5.91 Å². The molecule has 0 aromatic heterocycles. The van der Waals surface area contributed by atoms with Crippen LogP contribution in [-0.2, 0) is 9.53 Å². The molecule has 1 amide bonds. The van der Waals surface area contributed by atoms with Gasteiger partial charge in [0.2, 0.25) is 5.91 Å². The Morgan fingerprint density at radius 3 is 2.62 bits per heavy atom. The summed E-state index contributed by atoms with van der Waals surface area (Å²) >= 11 is 0. The lowest BCUT2D eigenvalue weighted by Crippen LogP contribution is -2.43. The first kappa shape index (κ1) is 13.5. The highest BCUT2D eigenvalue weighted by molar-refractivity contribution is 5.76. The van der Waals surface area contributed by atoms with Gasteiger partial charge < -0.3 is 15.8 Å². The van der Waals surface area contributed by atoms with Gasteiger partial charge in [-0.1, -0.05) is 6.92 Å². The van der Waals surface area contributed by atoms with Gasteiger partial charge in [0.15, 0.2) is 0 Å². The first-order valence-corrected chi connectivity index (χ1v) is 6.26. The van der Waals surface area contributed by atoms with Gasteiger partial charge in [-0.25, -0.2) is 0 Å². The van der Waals surface area contributed by atoms with Crippen LogP contribution in [0.1, 0.15) is 39.5 Å². The van der Waals surface area contributed by atoms with Crippen molar-refractivity contribution < 1.29 is 9.53 Å². The summed E-state index contributed by atoms with van der Waals surface area (Å²) in [5, 5.41) is 3.09. The summed E-state index contributed by atoms with van der Waals surface area (Å²) in [5.41, 5.74) is 5.61. The molecule has 0 aromatic carbocycles. The SMILES string of the molecule is CCC(NC(=O)CC(C)N)C1CCOCC1. The normalized spacial score (nSPS) is 21.4. The lowest BCUT2D eigenvalue weighted by Gasteiger charge is -2.30. The Morgan fingerprint density at radius 2 is 2.12 bits per heavy atom. The van der Waals surface area contributed by atoms with E-state index < -0.39 is 0 Å². The zero-order chi connectivity index (χ0) is 12.0. The summed E-state index contributed by atoms with van der Waals surface area (Å²) in [6, 6.07) is 0.224. The minimum Gasteiger partial charge on any atom is -0.381 e. The predicted octanol–water partition coefficient (Wildman–Crippen LogP) is 1.05. The van der Waals surface area contributed by atoms with Crippen LogP contribution in [0.5, 0.6) is 0 Å². The van der Waals surface area contributed by atoms with Gasteiger partial charge in [-0.2, -0.15) is 0 Å². The van der Waals surface area contributed by atoms with Gasteiger partial charge in [0.25, 0.3) is 0 Å². The van der Waals surface area contributed by atoms with E-state index in [1.165, 1.54) is 0 Å². The van der Waals surface area contributed by atoms with Crippen LogP contribution < -0.4 is 11.1 Å². The zero-order valence-corrected chi connectivity index (χ0v) is 10.4. The topological polar surface area (TPSA) is 64.4 Å². The molecule has 1 aliphatic rings. The van der Waals surface area contributed by atoms with E-state index in [2.05, 4.69) is 12.2 Å². The Hall–Kier alpha value is -0.610. The number of hydrogen-bond donors (Lipinski definition) is 2. The second kappa shape index (κ2) is 6.86. The van der Waals surface area contributed by atoms with Crippen molar-refractivity contribution in [3.8, 4) is 0 Å². The Kier molecular flexibility index (Phi) is 5.77. The van der Waals surface area contributed by atoms with Crippen molar-refractivity contribution in [1.29, 1.82) is 0 Å². The highest BCUT2D eigenvalue weighted by atomic mass is 16.5. The Bertz CT molecular complexity index is 213. The van der Waals surface area contributed by atoms with Crippen molar-refractivity contribution in [3.63, 3.8) is 0 Å². The van der Waals surface area contributed by atoms with Crippen LogP contribution in [-0.4, -0.2) is 31.2 Å². The monoisotopic (exact) mass is 228 g/mol. The van der Waals surface area contributed by atoms with E-state index in [-0.39, 0.29) is 18.0 Å². The summed E-state index contributed by atoms with van der Waals surface area (Å²) in [6.07, 6.45) is 3.50. The number of rotatable bonds is 5. The standard InChI is InChI=1S/C12H24N2O2/c1-3-11(10-4-6-16-7-5-10)14-12(15)8-9(2)13/h9-11H,3-8,13H2,1-2H3,(H,14,15). The molecule has 2 unspecified atom stereocenters. The molecule has 1 aliphatic heterocycles. The van der Waals surface area contributed by atoms with Gasteiger partial charge in [-0.15, -0.1) is 0 Å². The van der Waals surface area contributed by atoms with Gasteiger partial charge >= 0.3 is 0 Å². The van der Waals surface area contributed by atoms with E-state index in [4.69, 9.17) is 10.5 Å². The summed E-state index contributed by atoms with van der Waals surface area (Å²) in [4.78, 5) is 11.6. The molecule has 0 saturated carbocycles. The van der Waals surface area contributed by atoms with Gasteiger partial charge in [0.1, 0.15) is 0 Å². The molecular formula is C12H24N2O2. The van der Waals surface area contributed by atoms with Crippen molar-refractivity contribution in [3.05, 3.63) is 0 Å². The van der Waals surface area contributed by atoms with Crippen molar-refractivity contribution in [2.75, 3.05) is 13.2 Å². The van der Waals surface area contributed by atoms with Gasteiger partial charge in [0.05, 0.1) is 0 Å². The van der Waals surface area contributed by atoms with Crippen molar-refractivity contribution in [1.82, 2.24) is 5.32 Å². The second-order valence-corrected chi connectivity index (χ2v) is 4.71. The first-order valence-electron chi connectivity index (χ1n) is 6.26. The fourth-order valence-corrected chi connectivity index (χ4v) is 2.23. The van der Waals surface area contributed by atoms with Crippen LogP contribution in [0.15, 0.2) is 0 Å². The maximum absolute atomic E-state index is 11.6. The predicted molar refractivity (Wildman–Crippen MR) is 64.0 cm³/mol. The summed E-state index contributed by atoms with van der Waals surface area (Å²) in [7, 11) is 0. The van der Waals surface area contributed by atoms with Crippen molar-refractivity contribution in [2.24, 2.45) is 11.7 Å². The highest BCUT2D eigenvalue weighted by Crippen LogP contribution is 2.20. The maximum Gasteiger partial charge on any atom is 0.221 e. The van der Waals surface area contributed by atoms with Gasteiger partial charge in [-0.05, 0) is 32.1 Å². The molecule has 16 heavy (non-hydrogen) atoms. The number of amides is 1. The molecule has 0 radical (unpaired) electrons. The molecule has 0 bridgehead atoms. The van der Waals surface area contributed by atoms with E-state index in [1.807, 2.05) is 6.92 Å². The summed E-state index contributed by atoms with van der Waals surface area (Å²) in [6.45, 7) is 5.62. The molecule has 1 heterocycles. The second-order valence-electron chi connectivity index (χ2n) is 4.71. The number of carbonyl (C=O) groups is 1. The molecule has 1 fully saturated rings. The van der Waals surface area contributed by atoms with Gasteiger partial charge in [-0.3, -0.25) is 4.79 Å². The number of hydrogen-bond acceptors (Lipinski definition) is 3. The Balaban J connectivity index is 2.37. The molecule has 2 atom stereocenters. The lowest BCUT2D eigenvalue weighted by molar-refractivity contribution is -0.122. The smallest absolute Gasteiger partial charge is 0.221 e. The molecular weight excluding hydrogens is 204 g/mol. The van der Waals surface area contributed by atoms with E-state index >= 15 is 0 Å². The average molecular weight is 228 g/mol. The molecule has 4 nitrogen and oxygen atoms in total. The van der Waals surface area contributed by atoms with Crippen molar-refractivity contribution in [2.45, 2.75) is 51.6 Å². The summed E-state index contributed by atoms with van der Waals surface area (Å²) in [5.74, 6) is 0.643. The minimum absolute atomic E-state index is 0.0628. The van der Waals surface area contributed by atoms with Gasteiger partial charge in [0, 0.05) is 31.7 Å². The van der Waals surface area contributed by atoms with Crippen LogP contribution in [0.3, 0.4) is 0 Å². The molecule has 4 heteroatoms. The van der Waals surface area contributed by atoms with E-state index in [0.29, 0.717) is 12.3 Å². The largest absolute Gasteiger partial charge is 0.381 e. The number of nitrogens with one attached hydrogen (secondary N) is 1. The van der Waals surface area contributed by atoms with Crippen LogP contribution in [0.2, 0.25) is 0 Å². The molecule has 0 aromatic rings. The Labute approximate surface area is 97.9 Å². The molecule has 94 valence electrons. The van der Waals surface area contributed by atoms with Crippen LogP contribution in [0.25, 0.3) is 0 Å². The minimum atomic E-state index is -0.0628. The van der Waals surface area contributed by atoms with Crippen LogP contribution in [0, 0.1) is 5.92 Å². The number of carbonyl (C=O) groups excluding carboxylic acids is 1. The van der Waals surface area contributed by atoms with E-state index in [1.54, 1.807) is 0 Å². The first-order chi connectivity index (χ1) is 7.63. The molecule has 0 spiro atoms. The van der Waals surface area contributed by atoms with Crippen LogP contribution >= 0.6 is 0 Å². The third-order valence-corrected chi connectivity index (χ3v) is 3.13. The number of ether oxygens (including phenoxy) is 1. The molecule has 1 saturated heterocycles. The molecule has 1 rings (SSSR count). The average Bonchev–Trinajstić information content (AvgIpc) is 2.26. The highest BCUT2D eigenvalue weighted by Gasteiger charge is 2.24. The van der Waals surface area contributed by atoms with Crippen LogP contribution in [0.4, 0.5) is 0 Å². The fraction of sp³-hybridized carbons (Fsp3) is 0.917. The lowest BCUT2D eigenvalue weighted by atomic mass is 9.90. The van der Waals surface area contributed by atoms with E-state index in [9.17, 15) is 4.79 Å². The summed E-state index contributed by atoms with van der Waals surface area (Å²) < 4.78 is 5.33. The zero-order valence-electron chi connectivity index (χ0n) is 10.4. The quantitative estimate of drug-likeness (QED) is 0.739. The molecule has 3 N–H and O–H groups in total.